The number of guanidine groups is 1. The maximum Gasteiger partial charge on any atom is 0.191 e. The van der Waals surface area contributed by atoms with Crippen molar-refractivity contribution in [1.29, 1.82) is 0 Å². The predicted molar refractivity (Wildman–Crippen MR) is 103 cm³/mol. The Kier molecular flexibility index (Phi) is 7.12. The number of nitrogens with one attached hydrogen (secondary N) is 2. The van der Waals surface area contributed by atoms with Gasteiger partial charge in [0.2, 0.25) is 0 Å². The van der Waals surface area contributed by atoms with Gasteiger partial charge in [-0.05, 0) is 50.3 Å². The number of hydrogen-bond donors (Lipinski definition) is 2. The molecule has 0 unspecified atom stereocenters. The third-order valence-electron chi connectivity index (χ3n) is 3.50. The molecule has 0 bridgehead atoms. The molecule has 0 amide bonds. The van der Waals surface area contributed by atoms with Gasteiger partial charge in [0.1, 0.15) is 5.75 Å². The van der Waals surface area contributed by atoms with Gasteiger partial charge in [0.15, 0.2) is 5.96 Å². The van der Waals surface area contributed by atoms with E-state index >= 15 is 0 Å². The van der Waals surface area contributed by atoms with Gasteiger partial charge < -0.3 is 15.4 Å². The van der Waals surface area contributed by atoms with Crippen molar-refractivity contribution in [3.63, 3.8) is 0 Å². The number of ether oxygens (including phenoxy) is 1. The summed E-state index contributed by atoms with van der Waals surface area (Å²) >= 11 is 1.78. The fraction of sp³-hybridized carbons (Fsp3) is 0.421. The third kappa shape index (κ3) is 5.89. The highest BCUT2D eigenvalue weighted by molar-refractivity contribution is 7.09. The average molecular weight is 346 g/mol. The Morgan fingerprint density at radius 3 is 2.75 bits per heavy atom. The van der Waals surface area contributed by atoms with Crippen molar-refractivity contribution in [2.24, 2.45) is 4.99 Å². The van der Waals surface area contributed by atoms with E-state index in [1.165, 1.54) is 10.4 Å². The van der Waals surface area contributed by atoms with Crippen LogP contribution in [-0.4, -0.2) is 25.7 Å². The molecule has 0 radical (unpaired) electrons. The Morgan fingerprint density at radius 2 is 2.08 bits per heavy atom. The number of aryl methyl sites for hydroxylation is 1. The summed E-state index contributed by atoms with van der Waals surface area (Å²) in [5.74, 6) is 1.74. The molecular formula is C19H27N3OS. The van der Waals surface area contributed by atoms with Gasteiger partial charge in [0, 0.05) is 30.6 Å². The van der Waals surface area contributed by atoms with Crippen molar-refractivity contribution in [3.05, 3.63) is 51.7 Å². The zero-order valence-electron chi connectivity index (χ0n) is 14.9. The monoisotopic (exact) mass is 345 g/mol. The molecule has 2 N–H and O–H groups in total. The van der Waals surface area contributed by atoms with Crippen LogP contribution in [0.4, 0.5) is 0 Å². The quantitative estimate of drug-likeness (QED) is 0.593. The van der Waals surface area contributed by atoms with E-state index in [1.807, 2.05) is 13.8 Å². The first-order chi connectivity index (χ1) is 11.6. The largest absolute Gasteiger partial charge is 0.491 e. The topological polar surface area (TPSA) is 45.7 Å². The van der Waals surface area contributed by atoms with Crippen LogP contribution in [0.3, 0.4) is 0 Å². The second-order valence-electron chi connectivity index (χ2n) is 5.96. The van der Waals surface area contributed by atoms with E-state index in [2.05, 4.69) is 58.3 Å². The normalized spacial score (nSPS) is 11.6. The molecule has 5 heteroatoms. The summed E-state index contributed by atoms with van der Waals surface area (Å²) in [4.78, 5) is 5.67. The maximum absolute atomic E-state index is 5.92. The minimum atomic E-state index is 0.161. The summed E-state index contributed by atoms with van der Waals surface area (Å²) in [5.41, 5.74) is 2.34. The van der Waals surface area contributed by atoms with Crippen LogP contribution in [0.1, 0.15) is 29.9 Å². The van der Waals surface area contributed by atoms with E-state index in [0.29, 0.717) is 6.54 Å². The lowest BCUT2D eigenvalue weighted by atomic mass is 10.1. The van der Waals surface area contributed by atoms with Crippen LogP contribution in [0.2, 0.25) is 0 Å². The summed E-state index contributed by atoms with van der Waals surface area (Å²) in [5, 5.41) is 8.82. The molecule has 0 saturated carbocycles. The summed E-state index contributed by atoms with van der Waals surface area (Å²) in [7, 11) is 1.79. The second kappa shape index (κ2) is 9.33. The minimum absolute atomic E-state index is 0.161. The van der Waals surface area contributed by atoms with Crippen LogP contribution in [0.15, 0.2) is 40.7 Å². The zero-order valence-corrected chi connectivity index (χ0v) is 15.7. The Morgan fingerprint density at radius 1 is 1.25 bits per heavy atom. The molecule has 1 aromatic carbocycles. The second-order valence-corrected chi connectivity index (χ2v) is 6.99. The SMILES string of the molecule is CN=C(NCCc1cccs1)NCc1ccc(C)cc1OC(C)C. The number of benzene rings is 1. The zero-order chi connectivity index (χ0) is 17.4. The van der Waals surface area contributed by atoms with Gasteiger partial charge in [0.25, 0.3) is 0 Å². The molecule has 4 nitrogen and oxygen atoms in total. The van der Waals surface area contributed by atoms with E-state index < -0.39 is 0 Å². The molecule has 130 valence electrons. The molecular weight excluding hydrogens is 318 g/mol. The molecule has 0 saturated heterocycles. The van der Waals surface area contributed by atoms with E-state index in [1.54, 1.807) is 18.4 Å². The molecule has 2 aromatic rings. The molecule has 0 aliphatic heterocycles. The molecule has 0 aliphatic carbocycles. The number of nitrogens with zero attached hydrogens (tertiary/aromatic N) is 1. The van der Waals surface area contributed by atoms with Gasteiger partial charge in [-0.25, -0.2) is 0 Å². The van der Waals surface area contributed by atoms with Crippen LogP contribution < -0.4 is 15.4 Å². The van der Waals surface area contributed by atoms with Gasteiger partial charge in [-0.1, -0.05) is 18.2 Å². The summed E-state index contributed by atoms with van der Waals surface area (Å²) in [6.45, 7) is 7.72. The fourth-order valence-electron chi connectivity index (χ4n) is 2.33. The highest BCUT2D eigenvalue weighted by Crippen LogP contribution is 2.21. The minimum Gasteiger partial charge on any atom is -0.491 e. The van der Waals surface area contributed by atoms with E-state index in [0.717, 1.165) is 30.2 Å². The number of thiophene rings is 1. The lowest BCUT2D eigenvalue weighted by Gasteiger charge is -2.17. The summed E-state index contributed by atoms with van der Waals surface area (Å²) in [6.07, 6.45) is 1.17. The number of rotatable bonds is 7. The summed E-state index contributed by atoms with van der Waals surface area (Å²) in [6, 6.07) is 10.5. The van der Waals surface area contributed by atoms with Gasteiger partial charge in [-0.3, -0.25) is 4.99 Å². The van der Waals surface area contributed by atoms with Crippen molar-refractivity contribution >= 4 is 17.3 Å². The lowest BCUT2D eigenvalue weighted by molar-refractivity contribution is 0.239. The first-order valence-corrected chi connectivity index (χ1v) is 9.19. The molecule has 2 rings (SSSR count). The number of aliphatic imine (C=N–C) groups is 1. The molecule has 0 atom stereocenters. The Hall–Kier alpha value is -2.01. The highest BCUT2D eigenvalue weighted by Gasteiger charge is 2.07. The first-order valence-electron chi connectivity index (χ1n) is 8.31. The molecule has 0 aliphatic rings. The van der Waals surface area contributed by atoms with E-state index in [4.69, 9.17) is 4.74 Å². The van der Waals surface area contributed by atoms with Gasteiger partial charge >= 0.3 is 0 Å². The van der Waals surface area contributed by atoms with Crippen LogP contribution in [0.5, 0.6) is 5.75 Å². The van der Waals surface area contributed by atoms with Crippen LogP contribution >= 0.6 is 11.3 Å². The van der Waals surface area contributed by atoms with Crippen molar-refractivity contribution in [3.8, 4) is 5.75 Å². The molecule has 1 aromatic heterocycles. The van der Waals surface area contributed by atoms with E-state index in [-0.39, 0.29) is 6.10 Å². The van der Waals surface area contributed by atoms with Gasteiger partial charge in [-0.15, -0.1) is 11.3 Å². The van der Waals surface area contributed by atoms with Crippen LogP contribution in [0, 0.1) is 6.92 Å². The van der Waals surface area contributed by atoms with Crippen LogP contribution in [-0.2, 0) is 13.0 Å². The van der Waals surface area contributed by atoms with Crippen molar-refractivity contribution in [2.45, 2.75) is 39.8 Å². The maximum atomic E-state index is 5.92. The molecule has 0 fully saturated rings. The standard InChI is InChI=1S/C19H27N3OS/c1-14(2)23-18-12-15(3)7-8-16(18)13-22-19(20-4)21-10-9-17-6-5-11-24-17/h5-8,11-12,14H,9-10,13H2,1-4H3,(H2,20,21,22). The van der Waals surface area contributed by atoms with Gasteiger partial charge in [-0.2, -0.15) is 0 Å². The smallest absolute Gasteiger partial charge is 0.191 e. The average Bonchev–Trinajstić information content (AvgIpc) is 3.05. The van der Waals surface area contributed by atoms with Crippen molar-refractivity contribution in [2.75, 3.05) is 13.6 Å². The predicted octanol–water partition coefficient (Wildman–Crippen LogP) is 3.75. The molecule has 0 spiro atoms. The lowest BCUT2D eigenvalue weighted by Crippen LogP contribution is -2.37. The van der Waals surface area contributed by atoms with Gasteiger partial charge in [0.05, 0.1) is 6.10 Å². The first kappa shape index (κ1) is 18.3. The number of hydrogen-bond acceptors (Lipinski definition) is 3. The third-order valence-corrected chi connectivity index (χ3v) is 4.44. The Balaban J connectivity index is 1.88. The molecule has 1 heterocycles. The Labute approximate surface area is 149 Å². The Bertz CT molecular complexity index is 651. The van der Waals surface area contributed by atoms with E-state index in [9.17, 15) is 0 Å². The summed E-state index contributed by atoms with van der Waals surface area (Å²) < 4.78 is 5.92. The highest BCUT2D eigenvalue weighted by atomic mass is 32.1. The van der Waals surface area contributed by atoms with Crippen molar-refractivity contribution in [1.82, 2.24) is 10.6 Å². The van der Waals surface area contributed by atoms with Crippen LogP contribution in [0.25, 0.3) is 0 Å². The van der Waals surface area contributed by atoms with Crippen molar-refractivity contribution < 1.29 is 4.74 Å². The molecule has 24 heavy (non-hydrogen) atoms. The fourth-order valence-corrected chi connectivity index (χ4v) is 3.04.